The average Bonchev–Trinajstić information content (AvgIpc) is 2.80. The zero-order chi connectivity index (χ0) is 15.3. The Balaban J connectivity index is 1.99. The number of aromatic amines is 1. The van der Waals surface area contributed by atoms with E-state index in [0.717, 1.165) is 27.7 Å². The molecule has 0 radical (unpaired) electrons. The molecule has 4 nitrogen and oxygen atoms in total. The molecule has 1 N–H and O–H groups in total. The second-order valence-electron chi connectivity index (χ2n) is 5.95. The minimum absolute atomic E-state index is 0.175. The second-order valence-corrected chi connectivity index (χ2v) is 6.34. The fourth-order valence-electron chi connectivity index (χ4n) is 3.05. The Morgan fingerprint density at radius 2 is 2.00 bits per heavy atom. The van der Waals surface area contributed by atoms with Crippen molar-refractivity contribution in [3.8, 4) is 0 Å². The van der Waals surface area contributed by atoms with Crippen molar-refractivity contribution in [1.82, 2.24) is 15.0 Å². The molecule has 0 unspecified atom stereocenters. The quantitative estimate of drug-likeness (QED) is 0.689. The molecule has 4 rings (SSSR count). The molecule has 5 heteroatoms. The van der Waals surface area contributed by atoms with Crippen LogP contribution in [0.15, 0.2) is 48.0 Å². The predicted octanol–water partition coefficient (Wildman–Crippen LogP) is 4.10. The van der Waals surface area contributed by atoms with Crippen LogP contribution in [0.1, 0.15) is 25.0 Å². The summed E-state index contributed by atoms with van der Waals surface area (Å²) in [6, 6.07) is 6.28. The number of aliphatic imine (C=N–C) groups is 1. The van der Waals surface area contributed by atoms with Gasteiger partial charge in [0.05, 0.1) is 11.4 Å². The molecule has 0 fully saturated rings. The van der Waals surface area contributed by atoms with Crippen molar-refractivity contribution in [2.75, 3.05) is 0 Å². The summed E-state index contributed by atoms with van der Waals surface area (Å²) in [4.78, 5) is 16.3. The van der Waals surface area contributed by atoms with Gasteiger partial charge in [-0.05, 0) is 23.8 Å². The first-order chi connectivity index (χ1) is 10.6. The molecule has 108 valence electrons. The number of hydrogen-bond acceptors (Lipinski definition) is 4. The van der Waals surface area contributed by atoms with E-state index < -0.39 is 0 Å². The lowest BCUT2D eigenvalue weighted by atomic mass is 9.79. The van der Waals surface area contributed by atoms with Crippen molar-refractivity contribution in [3.05, 3.63) is 58.9 Å². The summed E-state index contributed by atoms with van der Waals surface area (Å²) in [7, 11) is 0. The number of aromatic nitrogens is 3. The number of nitrogens with one attached hydrogen (secondary N) is 1. The van der Waals surface area contributed by atoms with E-state index in [1.165, 1.54) is 5.56 Å². The van der Waals surface area contributed by atoms with E-state index in [9.17, 15) is 0 Å². The highest BCUT2D eigenvalue weighted by molar-refractivity contribution is 7.71. The Kier molecular flexibility index (Phi) is 2.74. The minimum atomic E-state index is -0.175. The van der Waals surface area contributed by atoms with Crippen LogP contribution in [0.3, 0.4) is 0 Å². The van der Waals surface area contributed by atoms with E-state index in [4.69, 9.17) is 17.2 Å². The first-order valence-electron chi connectivity index (χ1n) is 7.09. The molecule has 0 atom stereocenters. The molecule has 0 saturated carbocycles. The molecular weight excluding hydrogens is 292 g/mol. The fourth-order valence-corrected chi connectivity index (χ4v) is 3.16. The minimum Gasteiger partial charge on any atom is -0.337 e. The van der Waals surface area contributed by atoms with Crippen molar-refractivity contribution >= 4 is 34.4 Å². The Labute approximate surface area is 133 Å². The lowest BCUT2D eigenvalue weighted by Crippen LogP contribution is -2.26. The lowest BCUT2D eigenvalue weighted by Gasteiger charge is -2.22. The summed E-state index contributed by atoms with van der Waals surface area (Å²) in [6.07, 6.45) is 7.35. The van der Waals surface area contributed by atoms with E-state index in [-0.39, 0.29) is 5.41 Å². The summed E-state index contributed by atoms with van der Waals surface area (Å²) in [6.45, 7) is 4.37. The van der Waals surface area contributed by atoms with Crippen LogP contribution in [0.4, 0.5) is 5.69 Å². The molecule has 0 spiro atoms. The largest absolute Gasteiger partial charge is 0.337 e. The zero-order valence-electron chi connectivity index (χ0n) is 12.3. The van der Waals surface area contributed by atoms with Crippen LogP contribution < -0.4 is 0 Å². The third-order valence-electron chi connectivity index (χ3n) is 4.23. The van der Waals surface area contributed by atoms with E-state index in [0.29, 0.717) is 4.77 Å². The first kappa shape index (κ1) is 13.3. The van der Waals surface area contributed by atoms with Crippen molar-refractivity contribution in [2.45, 2.75) is 19.3 Å². The van der Waals surface area contributed by atoms with Crippen LogP contribution >= 0.6 is 12.2 Å². The molecule has 1 aromatic carbocycles. The number of fused-ring (bicyclic) bond motifs is 3. The normalized spacial score (nSPS) is 15.6. The fraction of sp³-hybridized carbons (Fsp3) is 0.176. The van der Waals surface area contributed by atoms with Crippen molar-refractivity contribution in [1.29, 1.82) is 0 Å². The third kappa shape index (κ3) is 1.82. The Morgan fingerprint density at radius 3 is 2.77 bits per heavy atom. The van der Waals surface area contributed by atoms with Gasteiger partial charge in [-0.15, -0.1) is 0 Å². The summed E-state index contributed by atoms with van der Waals surface area (Å²) < 4.78 is 0.481. The van der Waals surface area contributed by atoms with Gasteiger partial charge in [0.1, 0.15) is 0 Å². The van der Waals surface area contributed by atoms with Gasteiger partial charge in [-0.1, -0.05) is 26.0 Å². The number of pyridine rings is 1. The smallest absolute Gasteiger partial charge is 0.196 e. The van der Waals surface area contributed by atoms with Crippen LogP contribution in [0, 0.1) is 4.77 Å². The summed E-state index contributed by atoms with van der Waals surface area (Å²) >= 11 is 5.02. The number of nitrogens with zero attached hydrogens (tertiary/aromatic N) is 3. The lowest BCUT2D eigenvalue weighted by molar-refractivity contribution is 0.737. The number of hydrogen-bond donors (Lipinski definition) is 1. The van der Waals surface area contributed by atoms with E-state index >= 15 is 0 Å². The third-order valence-corrected chi connectivity index (χ3v) is 4.45. The van der Waals surface area contributed by atoms with Crippen LogP contribution in [0.5, 0.6) is 0 Å². The standard InChI is InChI=1S/C17H14N4S/c1-17(2)13-4-3-10-7-18-6-5-12(10)14(13)21-15(17)11-8-19-16(22)20-9-11/h3-9H,1-2H3,(H,19,20,22). The van der Waals surface area contributed by atoms with Gasteiger partial charge < -0.3 is 4.98 Å². The molecule has 0 aliphatic carbocycles. The molecule has 1 aliphatic rings. The maximum absolute atomic E-state index is 5.02. The van der Waals surface area contributed by atoms with Gasteiger partial charge in [0.25, 0.3) is 0 Å². The first-order valence-corrected chi connectivity index (χ1v) is 7.50. The van der Waals surface area contributed by atoms with Crippen LogP contribution in [0.25, 0.3) is 10.8 Å². The summed E-state index contributed by atoms with van der Waals surface area (Å²) in [5.74, 6) is 0. The van der Waals surface area contributed by atoms with Crippen molar-refractivity contribution < 1.29 is 0 Å². The molecule has 1 aliphatic heterocycles. The van der Waals surface area contributed by atoms with Crippen LogP contribution in [-0.2, 0) is 5.41 Å². The monoisotopic (exact) mass is 306 g/mol. The second kappa shape index (κ2) is 4.55. The van der Waals surface area contributed by atoms with E-state index in [1.807, 2.05) is 24.7 Å². The van der Waals surface area contributed by atoms with Gasteiger partial charge in [-0.2, -0.15) is 0 Å². The number of rotatable bonds is 1. The molecule has 0 bridgehead atoms. The van der Waals surface area contributed by atoms with Gasteiger partial charge in [0.2, 0.25) is 0 Å². The van der Waals surface area contributed by atoms with Gasteiger partial charge in [0.15, 0.2) is 4.77 Å². The highest BCUT2D eigenvalue weighted by atomic mass is 32.1. The van der Waals surface area contributed by atoms with Crippen molar-refractivity contribution in [2.24, 2.45) is 4.99 Å². The Morgan fingerprint density at radius 1 is 1.14 bits per heavy atom. The Bertz CT molecular complexity index is 965. The van der Waals surface area contributed by atoms with E-state index in [1.54, 1.807) is 6.20 Å². The van der Waals surface area contributed by atoms with Crippen molar-refractivity contribution in [3.63, 3.8) is 0 Å². The number of H-pyrrole nitrogens is 1. The van der Waals surface area contributed by atoms with E-state index in [2.05, 4.69) is 40.9 Å². The highest BCUT2D eigenvalue weighted by Gasteiger charge is 2.36. The zero-order valence-corrected chi connectivity index (χ0v) is 13.1. The van der Waals surface area contributed by atoms with Crippen LogP contribution in [-0.4, -0.2) is 20.7 Å². The summed E-state index contributed by atoms with van der Waals surface area (Å²) in [5, 5.41) is 2.24. The molecule has 22 heavy (non-hydrogen) atoms. The molecule has 3 aromatic rings. The van der Waals surface area contributed by atoms with Crippen LogP contribution in [0.2, 0.25) is 0 Å². The topological polar surface area (TPSA) is 53.9 Å². The van der Waals surface area contributed by atoms with Gasteiger partial charge in [0, 0.05) is 46.5 Å². The molecule has 3 heterocycles. The molecule has 0 saturated heterocycles. The Hall–Kier alpha value is -2.40. The number of benzene rings is 1. The molecule has 2 aromatic heterocycles. The summed E-state index contributed by atoms with van der Waals surface area (Å²) in [5.41, 5.74) is 4.05. The highest BCUT2D eigenvalue weighted by Crippen LogP contribution is 2.45. The SMILES string of the molecule is CC1(C)C(c2cnc(=S)[nH]c2)=Nc2c1ccc1cnccc21. The maximum atomic E-state index is 5.02. The predicted molar refractivity (Wildman–Crippen MR) is 90.4 cm³/mol. The van der Waals surface area contributed by atoms with Gasteiger partial charge in [-0.25, -0.2) is 4.98 Å². The van der Waals surface area contributed by atoms with Gasteiger partial charge in [-0.3, -0.25) is 9.98 Å². The average molecular weight is 306 g/mol. The molecular formula is C17H14N4S. The van der Waals surface area contributed by atoms with Gasteiger partial charge >= 0.3 is 0 Å². The molecule has 0 amide bonds. The maximum Gasteiger partial charge on any atom is 0.196 e.